The van der Waals surface area contributed by atoms with Crippen LogP contribution in [0.15, 0.2) is 53.3 Å². The van der Waals surface area contributed by atoms with Gasteiger partial charge in [0.1, 0.15) is 5.82 Å². The van der Waals surface area contributed by atoms with Crippen LogP contribution in [0.2, 0.25) is 10.0 Å². The number of benzene rings is 2. The van der Waals surface area contributed by atoms with Crippen LogP contribution in [0.1, 0.15) is 47.6 Å². The van der Waals surface area contributed by atoms with Crippen molar-refractivity contribution in [2.75, 3.05) is 12.4 Å². The largest absolute Gasteiger partial charge is 0.481 e. The van der Waals surface area contributed by atoms with Gasteiger partial charge in [-0.2, -0.15) is 5.10 Å². The first-order valence-corrected chi connectivity index (χ1v) is 14.7. The Kier molecular flexibility index (Phi) is 9.41. The van der Waals surface area contributed by atoms with Crippen molar-refractivity contribution in [3.8, 4) is 28.3 Å². The molecule has 224 valence electrons. The smallest absolute Gasteiger partial charge is 0.298 e. The molecule has 0 spiro atoms. The number of hydrogen-bond donors (Lipinski definition) is 3. The van der Waals surface area contributed by atoms with Gasteiger partial charge in [-0.15, -0.1) is 0 Å². The van der Waals surface area contributed by atoms with E-state index < -0.39 is 11.5 Å². The number of carbonyl (C=O) groups is 1. The molecule has 1 saturated carbocycles. The predicted octanol–water partition coefficient (Wildman–Crippen LogP) is 5.17. The summed E-state index contributed by atoms with van der Waals surface area (Å²) in [4.78, 5) is 34.1. The molecule has 2 atom stereocenters. The van der Waals surface area contributed by atoms with Crippen LogP contribution in [0.5, 0.6) is 5.88 Å². The summed E-state index contributed by atoms with van der Waals surface area (Å²) in [5, 5.41) is 21.0. The van der Waals surface area contributed by atoms with Crippen molar-refractivity contribution in [3.05, 3.63) is 86.0 Å². The number of aromatic nitrogens is 4. The van der Waals surface area contributed by atoms with Crippen LogP contribution >= 0.6 is 23.2 Å². The average Bonchev–Trinajstić information content (AvgIpc) is 3.00. The molecule has 0 saturated heterocycles. The molecule has 0 aliphatic heterocycles. The summed E-state index contributed by atoms with van der Waals surface area (Å²) in [6.45, 7) is 2.11. The molecule has 43 heavy (non-hydrogen) atoms. The van der Waals surface area contributed by atoms with Gasteiger partial charge in [-0.3, -0.25) is 9.59 Å². The van der Waals surface area contributed by atoms with Crippen molar-refractivity contribution in [2.24, 2.45) is 7.05 Å². The van der Waals surface area contributed by atoms with Crippen LogP contribution in [0.4, 0.5) is 5.69 Å². The zero-order valence-electron chi connectivity index (χ0n) is 24.0. The number of amides is 1. The number of aliphatic hydroxyl groups is 1. The highest BCUT2D eigenvalue weighted by Gasteiger charge is 2.23. The van der Waals surface area contributed by atoms with Crippen LogP contribution in [0.25, 0.3) is 22.4 Å². The molecular formula is C31H32Cl2N6O4. The van der Waals surface area contributed by atoms with E-state index >= 15 is 0 Å². The van der Waals surface area contributed by atoms with E-state index in [9.17, 15) is 14.7 Å². The van der Waals surface area contributed by atoms with Gasteiger partial charge < -0.3 is 20.5 Å². The average molecular weight is 624 g/mol. The molecule has 0 bridgehead atoms. The first-order valence-electron chi connectivity index (χ1n) is 13.9. The van der Waals surface area contributed by atoms with Gasteiger partial charge >= 0.3 is 0 Å². The lowest BCUT2D eigenvalue weighted by atomic mass is 9.92. The molecule has 10 nitrogen and oxygen atoms in total. The zero-order chi connectivity index (χ0) is 30.7. The topological polar surface area (TPSA) is 131 Å². The second kappa shape index (κ2) is 13.2. The van der Waals surface area contributed by atoms with Gasteiger partial charge in [0.05, 0.1) is 34.6 Å². The molecule has 4 aromatic rings. The standard InChI is InChI=1S/C31H32Cl2N6O4/c1-17-35-28(31(42)39(2)38-17)29(41)36-24-12-7-9-20(27(24)33)19-8-6-10-21(26(19)32)22-15-14-18(30(37-22)43-3)16-34-23-11-4-5-13-25(23)40/h6-10,12,14-15,23,25,34,40H,4-5,11,13,16H2,1-3H3,(H,36,41)/t23?,25-/m0/s1. The lowest BCUT2D eigenvalue weighted by Crippen LogP contribution is -2.41. The first-order chi connectivity index (χ1) is 20.7. The van der Waals surface area contributed by atoms with Crippen molar-refractivity contribution in [2.45, 2.75) is 51.3 Å². The van der Waals surface area contributed by atoms with E-state index in [1.54, 1.807) is 32.2 Å². The molecular weight excluding hydrogens is 591 g/mol. The molecule has 3 N–H and O–H groups in total. The van der Waals surface area contributed by atoms with Gasteiger partial charge in [0, 0.05) is 41.9 Å². The Labute approximate surface area is 259 Å². The Hall–Kier alpha value is -3.83. The highest BCUT2D eigenvalue weighted by atomic mass is 35.5. The lowest BCUT2D eigenvalue weighted by Gasteiger charge is -2.28. The van der Waals surface area contributed by atoms with Crippen molar-refractivity contribution in [3.63, 3.8) is 0 Å². The van der Waals surface area contributed by atoms with Gasteiger partial charge in [0.15, 0.2) is 5.69 Å². The monoisotopic (exact) mass is 622 g/mol. The van der Waals surface area contributed by atoms with Crippen LogP contribution < -0.4 is 20.9 Å². The van der Waals surface area contributed by atoms with Crippen molar-refractivity contribution in [1.29, 1.82) is 0 Å². The molecule has 1 aliphatic rings. The molecule has 2 heterocycles. The van der Waals surface area contributed by atoms with E-state index in [4.69, 9.17) is 32.9 Å². The third-order valence-electron chi connectivity index (χ3n) is 7.51. The molecule has 0 radical (unpaired) electrons. The number of halogens is 2. The Morgan fingerprint density at radius 2 is 1.72 bits per heavy atom. The number of methoxy groups -OCH3 is 1. The zero-order valence-corrected chi connectivity index (χ0v) is 25.5. The minimum atomic E-state index is -0.700. The fourth-order valence-corrected chi connectivity index (χ4v) is 5.87. The number of ether oxygens (including phenoxy) is 1. The number of anilines is 1. The fraction of sp³-hybridized carbons (Fsp3) is 0.323. The van der Waals surface area contributed by atoms with Gasteiger partial charge in [-0.1, -0.05) is 72.4 Å². The molecule has 2 aromatic heterocycles. The first kappa shape index (κ1) is 30.6. The number of aryl methyl sites for hydroxylation is 2. The summed E-state index contributed by atoms with van der Waals surface area (Å²) in [6.07, 6.45) is 3.53. The second-order valence-electron chi connectivity index (χ2n) is 10.4. The van der Waals surface area contributed by atoms with Crippen molar-refractivity contribution < 1.29 is 14.6 Å². The van der Waals surface area contributed by atoms with Gasteiger partial charge in [0.25, 0.3) is 11.5 Å². The maximum Gasteiger partial charge on any atom is 0.298 e. The normalized spacial score (nSPS) is 16.6. The van der Waals surface area contributed by atoms with Gasteiger partial charge in [-0.05, 0) is 31.9 Å². The Bertz CT molecular complexity index is 1730. The number of hydrogen-bond acceptors (Lipinski definition) is 8. The summed E-state index contributed by atoms with van der Waals surface area (Å²) in [6, 6.07) is 14.5. The van der Waals surface area contributed by atoms with E-state index in [0.717, 1.165) is 35.9 Å². The second-order valence-corrected chi connectivity index (χ2v) is 11.2. The molecule has 5 rings (SSSR count). The minimum Gasteiger partial charge on any atom is -0.481 e. The molecule has 1 aliphatic carbocycles. The summed E-state index contributed by atoms with van der Waals surface area (Å²) < 4.78 is 6.67. The van der Waals surface area contributed by atoms with E-state index in [2.05, 4.69) is 20.7 Å². The number of nitrogens with one attached hydrogen (secondary N) is 2. The maximum absolute atomic E-state index is 12.9. The van der Waals surface area contributed by atoms with Gasteiger partial charge in [-0.25, -0.2) is 14.6 Å². The summed E-state index contributed by atoms with van der Waals surface area (Å²) in [5.74, 6) is 0.0488. The van der Waals surface area contributed by atoms with Crippen molar-refractivity contribution >= 4 is 34.8 Å². The Balaban J connectivity index is 1.41. The summed E-state index contributed by atoms with van der Waals surface area (Å²) in [5.41, 5.74) is 2.75. The van der Waals surface area contributed by atoms with E-state index in [1.807, 2.05) is 30.3 Å². The van der Waals surface area contributed by atoms with Gasteiger partial charge in [0.2, 0.25) is 5.88 Å². The number of pyridine rings is 1. The predicted molar refractivity (Wildman–Crippen MR) is 167 cm³/mol. The van der Waals surface area contributed by atoms with Crippen LogP contribution in [0.3, 0.4) is 0 Å². The lowest BCUT2D eigenvalue weighted by molar-refractivity contribution is 0.0901. The molecule has 2 aromatic carbocycles. The quantitative estimate of drug-likeness (QED) is 0.245. The summed E-state index contributed by atoms with van der Waals surface area (Å²) >= 11 is 13.7. The minimum absolute atomic E-state index is 0.0463. The fourth-order valence-electron chi connectivity index (χ4n) is 5.27. The SMILES string of the molecule is COc1nc(-c2cccc(-c3cccc(NC(=O)c4nc(C)nn(C)c4=O)c3Cl)c2Cl)ccc1CNC1CCCC[C@@H]1O. The number of aliphatic hydroxyl groups excluding tert-OH is 1. The van der Waals surface area contributed by atoms with Crippen LogP contribution in [-0.2, 0) is 13.6 Å². The maximum atomic E-state index is 12.9. The van der Waals surface area contributed by atoms with Crippen molar-refractivity contribution in [1.82, 2.24) is 25.1 Å². The molecule has 1 fully saturated rings. The van der Waals surface area contributed by atoms with Crippen LogP contribution in [-0.4, -0.2) is 50.0 Å². The van der Waals surface area contributed by atoms with Crippen LogP contribution in [0, 0.1) is 6.92 Å². The van der Waals surface area contributed by atoms with E-state index in [-0.39, 0.29) is 28.7 Å². The third-order valence-corrected chi connectivity index (χ3v) is 8.32. The molecule has 12 heteroatoms. The Morgan fingerprint density at radius 3 is 2.47 bits per heavy atom. The number of carbonyl (C=O) groups excluding carboxylic acids is 1. The molecule has 1 amide bonds. The highest BCUT2D eigenvalue weighted by molar-refractivity contribution is 6.39. The Morgan fingerprint density at radius 1 is 1.02 bits per heavy atom. The summed E-state index contributed by atoms with van der Waals surface area (Å²) in [7, 11) is 3.02. The molecule has 1 unspecified atom stereocenters. The number of nitrogens with zero attached hydrogens (tertiary/aromatic N) is 4. The highest BCUT2D eigenvalue weighted by Crippen LogP contribution is 2.41. The number of rotatable bonds is 8. The van der Waals surface area contributed by atoms with E-state index in [0.29, 0.717) is 45.5 Å². The van der Waals surface area contributed by atoms with E-state index in [1.165, 1.54) is 7.05 Å². The third kappa shape index (κ3) is 6.57.